The lowest BCUT2D eigenvalue weighted by Gasteiger charge is -2.16. The second-order valence-corrected chi connectivity index (χ2v) is 7.33. The smallest absolute Gasteiger partial charge is 0.416 e. The van der Waals surface area contributed by atoms with E-state index in [2.05, 4.69) is 5.32 Å². The molecule has 4 rings (SSSR count). The van der Waals surface area contributed by atoms with Crippen LogP contribution in [0.5, 0.6) is 11.5 Å². The van der Waals surface area contributed by atoms with Crippen LogP contribution < -0.4 is 19.7 Å². The van der Waals surface area contributed by atoms with Crippen molar-refractivity contribution >= 4 is 28.8 Å². The average molecular weight is 468 g/mol. The highest BCUT2D eigenvalue weighted by molar-refractivity contribution is 6.46. The van der Waals surface area contributed by atoms with Gasteiger partial charge < -0.3 is 14.8 Å². The molecular formula is C25H19F3N2O4. The fourth-order valence-electron chi connectivity index (χ4n) is 3.58. The first kappa shape index (κ1) is 22.9. The maximum atomic E-state index is 13.4. The third kappa shape index (κ3) is 4.32. The van der Waals surface area contributed by atoms with Crippen molar-refractivity contribution in [3.8, 4) is 11.5 Å². The number of methoxy groups -OCH3 is 2. The summed E-state index contributed by atoms with van der Waals surface area (Å²) in [7, 11) is 2.95. The van der Waals surface area contributed by atoms with Gasteiger partial charge in [0.2, 0.25) is 0 Å². The van der Waals surface area contributed by atoms with Gasteiger partial charge in [-0.1, -0.05) is 30.3 Å². The maximum absolute atomic E-state index is 13.4. The van der Waals surface area contributed by atoms with E-state index in [0.29, 0.717) is 22.7 Å². The van der Waals surface area contributed by atoms with Crippen LogP contribution in [0.25, 0.3) is 5.57 Å². The van der Waals surface area contributed by atoms with Crippen molar-refractivity contribution in [3.05, 3.63) is 89.6 Å². The van der Waals surface area contributed by atoms with E-state index in [4.69, 9.17) is 9.47 Å². The van der Waals surface area contributed by atoms with E-state index in [1.54, 1.807) is 48.5 Å². The van der Waals surface area contributed by atoms with Crippen LogP contribution in [0.3, 0.4) is 0 Å². The summed E-state index contributed by atoms with van der Waals surface area (Å²) < 4.78 is 49.4. The van der Waals surface area contributed by atoms with Gasteiger partial charge in [-0.3, -0.25) is 9.59 Å². The Labute approximate surface area is 193 Å². The van der Waals surface area contributed by atoms with Gasteiger partial charge in [0, 0.05) is 23.9 Å². The maximum Gasteiger partial charge on any atom is 0.416 e. The highest BCUT2D eigenvalue weighted by Crippen LogP contribution is 2.36. The van der Waals surface area contributed by atoms with Gasteiger partial charge in [0.1, 0.15) is 17.2 Å². The minimum absolute atomic E-state index is 0.0218. The van der Waals surface area contributed by atoms with E-state index >= 15 is 0 Å². The number of carbonyl (C=O) groups excluding carboxylic acids is 2. The van der Waals surface area contributed by atoms with E-state index < -0.39 is 23.6 Å². The predicted octanol–water partition coefficient (Wildman–Crippen LogP) is 5.12. The Morgan fingerprint density at radius 2 is 1.38 bits per heavy atom. The van der Waals surface area contributed by atoms with E-state index in [1.165, 1.54) is 14.2 Å². The molecule has 0 fully saturated rings. The molecule has 3 aromatic carbocycles. The van der Waals surface area contributed by atoms with Gasteiger partial charge in [0.05, 0.1) is 31.0 Å². The zero-order valence-electron chi connectivity index (χ0n) is 18.1. The van der Waals surface area contributed by atoms with Crippen LogP contribution in [0.2, 0.25) is 0 Å². The lowest BCUT2D eigenvalue weighted by Crippen LogP contribution is -2.32. The molecule has 1 aliphatic rings. The predicted molar refractivity (Wildman–Crippen MR) is 120 cm³/mol. The number of amides is 2. The van der Waals surface area contributed by atoms with E-state index in [0.717, 1.165) is 29.2 Å². The van der Waals surface area contributed by atoms with Crippen LogP contribution in [0.4, 0.5) is 24.5 Å². The lowest BCUT2D eigenvalue weighted by atomic mass is 10.0. The number of hydrogen-bond donors (Lipinski definition) is 1. The standard InChI is InChI=1S/C25H19F3N2O4/c1-33-19-12-17(13-20(14-19)34-2)29-22-21(15-6-4-3-5-7-15)23(31)30(24(22)32)18-10-8-16(9-11-18)25(26,27)28/h3-14,29H,1-2H3. The Kier molecular flexibility index (Phi) is 6.02. The second kappa shape index (κ2) is 8.93. The van der Waals surface area contributed by atoms with Gasteiger partial charge in [-0.05, 0) is 29.8 Å². The minimum Gasteiger partial charge on any atom is -0.497 e. The molecule has 0 saturated heterocycles. The SMILES string of the molecule is COc1cc(NC2=C(c3ccccc3)C(=O)N(c3ccc(C(F)(F)F)cc3)C2=O)cc(OC)c1. The summed E-state index contributed by atoms with van der Waals surface area (Å²) in [6.45, 7) is 0. The van der Waals surface area contributed by atoms with Crippen molar-refractivity contribution in [2.24, 2.45) is 0 Å². The van der Waals surface area contributed by atoms with Crippen molar-refractivity contribution in [1.82, 2.24) is 0 Å². The molecule has 0 aromatic heterocycles. The molecule has 0 atom stereocenters. The van der Waals surface area contributed by atoms with E-state index in [9.17, 15) is 22.8 Å². The van der Waals surface area contributed by atoms with Gasteiger partial charge >= 0.3 is 6.18 Å². The monoisotopic (exact) mass is 468 g/mol. The first-order valence-corrected chi connectivity index (χ1v) is 10.1. The molecule has 174 valence electrons. The summed E-state index contributed by atoms with van der Waals surface area (Å²) in [5.41, 5.74) is 0.117. The molecule has 2 amide bonds. The van der Waals surface area contributed by atoms with Crippen LogP contribution in [-0.4, -0.2) is 26.0 Å². The molecule has 0 unspecified atom stereocenters. The third-order valence-electron chi connectivity index (χ3n) is 5.22. The minimum atomic E-state index is -4.54. The van der Waals surface area contributed by atoms with Gasteiger partial charge in [0.15, 0.2) is 0 Å². The summed E-state index contributed by atoms with van der Waals surface area (Å²) in [6, 6.07) is 17.3. The molecule has 3 aromatic rings. The third-order valence-corrected chi connectivity index (χ3v) is 5.22. The summed E-state index contributed by atoms with van der Waals surface area (Å²) in [4.78, 5) is 27.6. The number of benzene rings is 3. The highest BCUT2D eigenvalue weighted by Gasteiger charge is 2.40. The normalized spacial score (nSPS) is 14.0. The zero-order valence-corrected chi connectivity index (χ0v) is 18.1. The summed E-state index contributed by atoms with van der Waals surface area (Å²) >= 11 is 0. The number of imide groups is 1. The van der Waals surface area contributed by atoms with Crippen molar-refractivity contribution in [3.63, 3.8) is 0 Å². The van der Waals surface area contributed by atoms with Crippen LogP contribution in [0.15, 0.2) is 78.5 Å². The number of hydrogen-bond acceptors (Lipinski definition) is 5. The topological polar surface area (TPSA) is 67.9 Å². The molecule has 1 aliphatic heterocycles. The Balaban J connectivity index is 1.78. The fourth-order valence-corrected chi connectivity index (χ4v) is 3.58. The molecule has 34 heavy (non-hydrogen) atoms. The number of halogens is 3. The van der Waals surface area contributed by atoms with Crippen molar-refractivity contribution in [1.29, 1.82) is 0 Å². The number of anilines is 2. The largest absolute Gasteiger partial charge is 0.497 e. The average Bonchev–Trinajstić information content (AvgIpc) is 3.07. The molecule has 0 bridgehead atoms. The Bertz CT molecular complexity index is 1250. The molecule has 0 spiro atoms. The van der Waals surface area contributed by atoms with Gasteiger partial charge in [-0.25, -0.2) is 4.90 Å². The van der Waals surface area contributed by atoms with Crippen molar-refractivity contribution in [2.75, 3.05) is 24.4 Å². The van der Waals surface area contributed by atoms with E-state index in [1.807, 2.05) is 0 Å². The first-order valence-electron chi connectivity index (χ1n) is 10.1. The number of rotatable bonds is 6. The number of alkyl halides is 3. The second-order valence-electron chi connectivity index (χ2n) is 7.33. The van der Waals surface area contributed by atoms with Crippen molar-refractivity contribution < 1.29 is 32.2 Å². The molecule has 1 heterocycles. The van der Waals surface area contributed by atoms with Gasteiger partial charge in [-0.15, -0.1) is 0 Å². The van der Waals surface area contributed by atoms with Crippen LogP contribution >= 0.6 is 0 Å². The van der Waals surface area contributed by atoms with Crippen LogP contribution in [0.1, 0.15) is 11.1 Å². The molecule has 9 heteroatoms. The van der Waals surface area contributed by atoms with E-state index in [-0.39, 0.29) is 17.0 Å². The molecule has 6 nitrogen and oxygen atoms in total. The van der Waals surface area contributed by atoms with Crippen LogP contribution in [-0.2, 0) is 15.8 Å². The number of ether oxygens (including phenoxy) is 2. The Hall–Kier alpha value is -4.27. The van der Waals surface area contributed by atoms with Gasteiger partial charge in [-0.2, -0.15) is 13.2 Å². The molecule has 1 N–H and O–H groups in total. The summed E-state index contributed by atoms with van der Waals surface area (Å²) in [5.74, 6) is -0.445. The molecule has 0 radical (unpaired) electrons. The first-order chi connectivity index (χ1) is 16.2. The summed E-state index contributed by atoms with van der Waals surface area (Å²) in [6.07, 6.45) is -4.54. The quantitative estimate of drug-likeness (QED) is 0.509. The van der Waals surface area contributed by atoms with Crippen LogP contribution in [0, 0.1) is 0 Å². The highest BCUT2D eigenvalue weighted by atomic mass is 19.4. The lowest BCUT2D eigenvalue weighted by molar-refractivity contribution is -0.137. The molecular weight excluding hydrogens is 449 g/mol. The van der Waals surface area contributed by atoms with Gasteiger partial charge in [0.25, 0.3) is 11.8 Å². The molecule has 0 saturated carbocycles. The summed E-state index contributed by atoms with van der Waals surface area (Å²) in [5, 5.41) is 2.98. The number of nitrogens with one attached hydrogen (secondary N) is 1. The van der Waals surface area contributed by atoms with Crippen molar-refractivity contribution in [2.45, 2.75) is 6.18 Å². The Morgan fingerprint density at radius 1 is 0.794 bits per heavy atom. The zero-order chi connectivity index (χ0) is 24.5. The Morgan fingerprint density at radius 3 is 1.91 bits per heavy atom. The number of carbonyl (C=O) groups is 2. The number of nitrogens with zero attached hydrogens (tertiary/aromatic N) is 1. The fraction of sp³-hybridized carbons (Fsp3) is 0.120. The molecule has 0 aliphatic carbocycles.